The van der Waals surface area contributed by atoms with Crippen LogP contribution < -0.4 is 10.8 Å². The molecule has 0 spiro atoms. The van der Waals surface area contributed by atoms with Crippen LogP contribution in [0.3, 0.4) is 0 Å². The molecule has 0 saturated carbocycles. The van der Waals surface area contributed by atoms with Crippen molar-refractivity contribution in [3.63, 3.8) is 0 Å². The van der Waals surface area contributed by atoms with Gasteiger partial charge in [0.15, 0.2) is 0 Å². The van der Waals surface area contributed by atoms with Gasteiger partial charge in [0, 0.05) is 12.2 Å². The van der Waals surface area contributed by atoms with Gasteiger partial charge in [-0.15, -0.1) is 0 Å². The summed E-state index contributed by atoms with van der Waals surface area (Å²) in [6.07, 6.45) is 0. The van der Waals surface area contributed by atoms with Crippen LogP contribution in [0.5, 0.6) is 0 Å². The van der Waals surface area contributed by atoms with E-state index in [-0.39, 0.29) is 0 Å². The van der Waals surface area contributed by atoms with E-state index in [0.29, 0.717) is 5.46 Å². The number of hydrogen-bond donors (Lipinski definition) is 3. The Balaban J connectivity index is 2.81. The normalized spacial score (nSPS) is 9.58. The van der Waals surface area contributed by atoms with Crippen LogP contribution in [0.25, 0.3) is 0 Å². The monoisotopic (exact) mass is 165 g/mol. The molecule has 1 aromatic carbocycles. The van der Waals surface area contributed by atoms with Crippen molar-refractivity contribution in [1.82, 2.24) is 0 Å². The van der Waals surface area contributed by atoms with Gasteiger partial charge in [0.2, 0.25) is 0 Å². The third-order valence-electron chi connectivity index (χ3n) is 1.57. The average Bonchev–Trinajstić information content (AvgIpc) is 2.05. The van der Waals surface area contributed by atoms with E-state index in [4.69, 9.17) is 10.0 Å². The van der Waals surface area contributed by atoms with E-state index in [1.807, 2.05) is 13.0 Å². The van der Waals surface area contributed by atoms with E-state index in [1.54, 1.807) is 18.2 Å². The van der Waals surface area contributed by atoms with E-state index in [1.165, 1.54) is 0 Å². The Morgan fingerprint density at radius 3 is 2.75 bits per heavy atom. The first-order valence-corrected chi connectivity index (χ1v) is 3.94. The zero-order valence-electron chi connectivity index (χ0n) is 6.99. The summed E-state index contributed by atoms with van der Waals surface area (Å²) >= 11 is 0. The van der Waals surface area contributed by atoms with Gasteiger partial charge in [-0.2, -0.15) is 0 Å². The predicted octanol–water partition coefficient (Wildman–Crippen LogP) is -0.202. The third-order valence-corrected chi connectivity index (χ3v) is 1.57. The van der Waals surface area contributed by atoms with Gasteiger partial charge in [0.1, 0.15) is 0 Å². The summed E-state index contributed by atoms with van der Waals surface area (Å²) in [5.41, 5.74) is 1.41. The third kappa shape index (κ3) is 2.25. The fourth-order valence-electron chi connectivity index (χ4n) is 1.01. The number of nitrogens with one attached hydrogen (secondary N) is 1. The van der Waals surface area contributed by atoms with E-state index in [0.717, 1.165) is 12.2 Å². The maximum Gasteiger partial charge on any atom is 0.488 e. The summed E-state index contributed by atoms with van der Waals surface area (Å²) in [5, 5.41) is 20.8. The number of rotatable bonds is 3. The van der Waals surface area contributed by atoms with Crippen LogP contribution in [-0.4, -0.2) is 23.7 Å². The molecule has 1 rings (SSSR count). The summed E-state index contributed by atoms with van der Waals surface area (Å²) < 4.78 is 0. The lowest BCUT2D eigenvalue weighted by molar-refractivity contribution is 0.426. The first kappa shape index (κ1) is 9.10. The number of hydrogen-bond acceptors (Lipinski definition) is 3. The highest BCUT2D eigenvalue weighted by atomic mass is 16.4. The Morgan fingerprint density at radius 2 is 2.17 bits per heavy atom. The molecule has 0 saturated heterocycles. The Kier molecular flexibility index (Phi) is 3.14. The molecule has 3 nitrogen and oxygen atoms in total. The topological polar surface area (TPSA) is 52.5 Å². The highest BCUT2D eigenvalue weighted by Gasteiger charge is 2.09. The van der Waals surface area contributed by atoms with Crippen molar-refractivity contribution >= 4 is 18.3 Å². The molecule has 0 aromatic heterocycles. The molecule has 12 heavy (non-hydrogen) atoms. The highest BCUT2D eigenvalue weighted by molar-refractivity contribution is 6.58. The van der Waals surface area contributed by atoms with Gasteiger partial charge < -0.3 is 15.4 Å². The van der Waals surface area contributed by atoms with Gasteiger partial charge in [-0.05, 0) is 24.5 Å². The lowest BCUT2D eigenvalue weighted by Crippen LogP contribution is -2.29. The van der Waals surface area contributed by atoms with Crippen LogP contribution in [0.15, 0.2) is 24.3 Å². The van der Waals surface area contributed by atoms with Crippen molar-refractivity contribution in [3.05, 3.63) is 24.3 Å². The second-order valence-electron chi connectivity index (χ2n) is 2.53. The lowest BCUT2D eigenvalue weighted by atomic mass is 9.80. The molecule has 0 aliphatic heterocycles. The summed E-state index contributed by atoms with van der Waals surface area (Å²) in [7, 11) is -1.39. The maximum atomic E-state index is 8.84. The van der Waals surface area contributed by atoms with Crippen molar-refractivity contribution in [2.75, 3.05) is 11.9 Å². The van der Waals surface area contributed by atoms with Crippen LogP contribution in [0.2, 0.25) is 0 Å². The standard InChI is InChI=1S/C8H12BNO2/c1-2-10-8-5-3-4-7(6-8)9(11)12/h3-6,10-12H,2H2,1H3. The maximum absolute atomic E-state index is 8.84. The SMILES string of the molecule is CCNc1cccc(B(O)O)c1. The first-order valence-electron chi connectivity index (χ1n) is 3.94. The Morgan fingerprint density at radius 1 is 1.42 bits per heavy atom. The quantitative estimate of drug-likeness (QED) is 0.543. The Bertz CT molecular complexity index is 253. The molecule has 0 fully saturated rings. The summed E-state index contributed by atoms with van der Waals surface area (Å²) in [6.45, 7) is 2.81. The molecule has 64 valence electrons. The van der Waals surface area contributed by atoms with E-state index >= 15 is 0 Å². The van der Waals surface area contributed by atoms with E-state index in [9.17, 15) is 0 Å². The molecule has 0 aliphatic carbocycles. The molecule has 0 bridgehead atoms. The Hall–Kier alpha value is -0.995. The van der Waals surface area contributed by atoms with Gasteiger partial charge in [-0.1, -0.05) is 12.1 Å². The smallest absolute Gasteiger partial charge is 0.423 e. The minimum absolute atomic E-state index is 0.508. The molecule has 1 aromatic rings. The molecule has 0 amide bonds. The van der Waals surface area contributed by atoms with Crippen LogP contribution in [0.4, 0.5) is 5.69 Å². The molecular formula is C8H12BNO2. The number of anilines is 1. The summed E-state index contributed by atoms with van der Waals surface area (Å²) in [4.78, 5) is 0. The average molecular weight is 165 g/mol. The molecule has 0 heterocycles. The van der Waals surface area contributed by atoms with Gasteiger partial charge in [0.05, 0.1) is 0 Å². The van der Waals surface area contributed by atoms with E-state index in [2.05, 4.69) is 5.32 Å². The highest BCUT2D eigenvalue weighted by Crippen LogP contribution is 2.02. The summed E-state index contributed by atoms with van der Waals surface area (Å²) in [6, 6.07) is 7.06. The zero-order valence-corrected chi connectivity index (χ0v) is 6.99. The van der Waals surface area contributed by atoms with Crippen LogP contribution in [-0.2, 0) is 0 Å². The molecule has 0 unspecified atom stereocenters. The van der Waals surface area contributed by atoms with Crippen molar-refractivity contribution in [2.24, 2.45) is 0 Å². The molecule has 0 aliphatic rings. The minimum atomic E-state index is -1.39. The lowest BCUT2D eigenvalue weighted by Gasteiger charge is -2.04. The fourth-order valence-corrected chi connectivity index (χ4v) is 1.01. The zero-order chi connectivity index (χ0) is 8.97. The number of benzene rings is 1. The fraction of sp³-hybridized carbons (Fsp3) is 0.250. The van der Waals surface area contributed by atoms with Crippen molar-refractivity contribution in [3.8, 4) is 0 Å². The largest absolute Gasteiger partial charge is 0.488 e. The van der Waals surface area contributed by atoms with Gasteiger partial charge >= 0.3 is 7.12 Å². The predicted molar refractivity (Wildman–Crippen MR) is 50.4 cm³/mol. The van der Waals surface area contributed by atoms with Gasteiger partial charge in [-0.25, -0.2) is 0 Å². The molecule has 4 heteroatoms. The second-order valence-corrected chi connectivity index (χ2v) is 2.53. The van der Waals surface area contributed by atoms with Crippen LogP contribution >= 0.6 is 0 Å². The summed E-state index contributed by atoms with van der Waals surface area (Å²) in [5.74, 6) is 0. The Labute approximate surface area is 72.2 Å². The first-order chi connectivity index (χ1) is 5.74. The van der Waals surface area contributed by atoms with Crippen LogP contribution in [0, 0.1) is 0 Å². The van der Waals surface area contributed by atoms with Gasteiger partial charge in [0.25, 0.3) is 0 Å². The van der Waals surface area contributed by atoms with Crippen molar-refractivity contribution < 1.29 is 10.0 Å². The molecular weight excluding hydrogens is 153 g/mol. The van der Waals surface area contributed by atoms with Gasteiger partial charge in [-0.3, -0.25) is 0 Å². The second kappa shape index (κ2) is 4.14. The van der Waals surface area contributed by atoms with E-state index < -0.39 is 7.12 Å². The molecule has 0 radical (unpaired) electrons. The van der Waals surface area contributed by atoms with Crippen molar-refractivity contribution in [2.45, 2.75) is 6.92 Å². The molecule has 0 atom stereocenters. The van der Waals surface area contributed by atoms with Crippen molar-refractivity contribution in [1.29, 1.82) is 0 Å². The van der Waals surface area contributed by atoms with Crippen LogP contribution in [0.1, 0.15) is 6.92 Å². The minimum Gasteiger partial charge on any atom is -0.423 e. The molecule has 3 N–H and O–H groups in total.